The molecule has 0 unspecified atom stereocenters. The van der Waals surface area contributed by atoms with Crippen LogP contribution in [0.5, 0.6) is 0 Å². The van der Waals surface area contributed by atoms with Crippen LogP contribution in [0.4, 0.5) is 5.82 Å². The number of nitrogens with two attached hydrogens (primary N) is 1. The Balaban J connectivity index is 2.72. The first-order valence-electron chi connectivity index (χ1n) is 5.35. The van der Waals surface area contributed by atoms with Crippen molar-refractivity contribution in [3.63, 3.8) is 0 Å². The number of nitrogens with zero attached hydrogens (tertiary/aromatic N) is 2. The Morgan fingerprint density at radius 3 is 2.83 bits per heavy atom. The number of ether oxygens (including phenoxy) is 1. The molecule has 0 atom stereocenters. The average Bonchev–Trinajstić information content (AvgIpc) is 2.34. The van der Waals surface area contributed by atoms with E-state index in [1.807, 2.05) is 0 Å². The molecule has 0 aliphatic heterocycles. The van der Waals surface area contributed by atoms with E-state index in [2.05, 4.69) is 4.98 Å². The highest BCUT2D eigenvalue weighted by Crippen LogP contribution is 2.18. The number of pyridine rings is 1. The number of aliphatic hydroxyl groups is 1. The van der Waals surface area contributed by atoms with Gasteiger partial charge < -0.3 is 15.6 Å². The highest BCUT2D eigenvalue weighted by molar-refractivity contribution is 7.89. The van der Waals surface area contributed by atoms with Crippen LogP contribution in [0.3, 0.4) is 0 Å². The van der Waals surface area contributed by atoms with Gasteiger partial charge in [0.2, 0.25) is 10.0 Å². The molecule has 0 aliphatic carbocycles. The fourth-order valence-corrected chi connectivity index (χ4v) is 2.49. The van der Waals surface area contributed by atoms with E-state index in [-0.39, 0.29) is 37.1 Å². The van der Waals surface area contributed by atoms with E-state index in [1.54, 1.807) is 0 Å². The van der Waals surface area contributed by atoms with E-state index in [9.17, 15) is 8.42 Å². The van der Waals surface area contributed by atoms with Crippen LogP contribution >= 0.6 is 0 Å². The van der Waals surface area contributed by atoms with Gasteiger partial charge in [-0.25, -0.2) is 13.4 Å². The highest BCUT2D eigenvalue weighted by Gasteiger charge is 2.23. The molecule has 8 heteroatoms. The lowest BCUT2D eigenvalue weighted by Crippen LogP contribution is -2.31. The maximum Gasteiger partial charge on any atom is 0.246 e. The van der Waals surface area contributed by atoms with E-state index in [4.69, 9.17) is 15.6 Å². The number of hydrogen-bond acceptors (Lipinski definition) is 6. The first kappa shape index (κ1) is 14.8. The summed E-state index contributed by atoms with van der Waals surface area (Å²) in [6, 6.07) is 2.92. The van der Waals surface area contributed by atoms with Gasteiger partial charge in [-0.15, -0.1) is 0 Å². The van der Waals surface area contributed by atoms with Crippen LogP contribution in [-0.2, 0) is 14.8 Å². The minimum Gasteiger partial charge on any atom is -0.394 e. The predicted octanol–water partition coefficient (Wildman–Crippen LogP) is -0.707. The van der Waals surface area contributed by atoms with Crippen LogP contribution in [0.25, 0.3) is 0 Å². The number of aromatic nitrogens is 1. The monoisotopic (exact) mass is 275 g/mol. The quantitative estimate of drug-likeness (QED) is 0.637. The second-order valence-electron chi connectivity index (χ2n) is 3.55. The number of hydrogen-bond donors (Lipinski definition) is 2. The zero-order valence-electron chi connectivity index (χ0n) is 10.1. The summed E-state index contributed by atoms with van der Waals surface area (Å²) in [5, 5.41) is 8.52. The zero-order valence-corrected chi connectivity index (χ0v) is 10.9. The SMILES string of the molecule is CN(CCOCCO)S(=O)(=O)c1cccnc1N. The summed E-state index contributed by atoms with van der Waals surface area (Å²) < 4.78 is 30.4. The van der Waals surface area contributed by atoms with E-state index < -0.39 is 10.0 Å². The number of anilines is 1. The largest absolute Gasteiger partial charge is 0.394 e. The Hall–Kier alpha value is -1.22. The Bertz CT molecular complexity index is 478. The first-order valence-corrected chi connectivity index (χ1v) is 6.79. The summed E-state index contributed by atoms with van der Waals surface area (Å²) in [6.45, 7) is 0.474. The van der Waals surface area contributed by atoms with Crippen LogP contribution in [0, 0.1) is 0 Å². The molecule has 0 fully saturated rings. The molecule has 0 saturated carbocycles. The molecule has 0 spiro atoms. The van der Waals surface area contributed by atoms with Crippen molar-refractivity contribution < 1.29 is 18.3 Å². The maximum absolute atomic E-state index is 12.1. The molecular formula is C10H17N3O4S. The third-order valence-electron chi connectivity index (χ3n) is 2.27. The molecule has 1 heterocycles. The minimum absolute atomic E-state index is 0.0188. The highest BCUT2D eigenvalue weighted by atomic mass is 32.2. The second-order valence-corrected chi connectivity index (χ2v) is 5.56. The summed E-state index contributed by atoms with van der Waals surface area (Å²) in [7, 11) is -2.22. The molecule has 1 aromatic rings. The molecule has 3 N–H and O–H groups in total. The van der Waals surface area contributed by atoms with E-state index in [0.29, 0.717) is 0 Å². The van der Waals surface area contributed by atoms with Gasteiger partial charge in [0.25, 0.3) is 0 Å². The Kier molecular flexibility index (Phi) is 5.48. The number of nitrogen functional groups attached to an aromatic ring is 1. The number of aliphatic hydroxyl groups excluding tert-OH is 1. The predicted molar refractivity (Wildman–Crippen MR) is 66.4 cm³/mol. The topological polar surface area (TPSA) is 106 Å². The van der Waals surface area contributed by atoms with Gasteiger partial charge in [-0.05, 0) is 12.1 Å². The van der Waals surface area contributed by atoms with Gasteiger partial charge in [0.1, 0.15) is 10.7 Å². The van der Waals surface area contributed by atoms with Crippen molar-refractivity contribution in [2.24, 2.45) is 0 Å². The van der Waals surface area contributed by atoms with Crippen LogP contribution < -0.4 is 5.73 Å². The van der Waals surface area contributed by atoms with Crippen molar-refractivity contribution in [2.45, 2.75) is 4.90 Å². The van der Waals surface area contributed by atoms with Crippen LogP contribution in [0.1, 0.15) is 0 Å². The summed E-state index contributed by atoms with van der Waals surface area (Å²) in [5.41, 5.74) is 5.54. The smallest absolute Gasteiger partial charge is 0.246 e. The van der Waals surface area contributed by atoms with Crippen molar-refractivity contribution >= 4 is 15.8 Å². The van der Waals surface area contributed by atoms with Gasteiger partial charge in [-0.3, -0.25) is 0 Å². The van der Waals surface area contributed by atoms with E-state index >= 15 is 0 Å². The average molecular weight is 275 g/mol. The molecule has 0 bridgehead atoms. The van der Waals surface area contributed by atoms with Crippen molar-refractivity contribution in [3.8, 4) is 0 Å². The summed E-state index contributed by atoms with van der Waals surface area (Å²) in [4.78, 5) is 3.73. The molecule has 102 valence electrons. The third-order valence-corrected chi connectivity index (χ3v) is 4.18. The van der Waals surface area contributed by atoms with Crippen LogP contribution in [-0.4, -0.2) is 56.2 Å². The summed E-state index contributed by atoms with van der Waals surface area (Å²) >= 11 is 0. The van der Waals surface area contributed by atoms with Gasteiger partial charge in [0, 0.05) is 19.8 Å². The molecule has 7 nitrogen and oxygen atoms in total. The Morgan fingerprint density at radius 1 is 1.50 bits per heavy atom. The summed E-state index contributed by atoms with van der Waals surface area (Å²) in [6.07, 6.45) is 1.43. The van der Waals surface area contributed by atoms with Gasteiger partial charge in [0.05, 0.1) is 19.8 Å². The van der Waals surface area contributed by atoms with Crippen LogP contribution in [0.15, 0.2) is 23.2 Å². The van der Waals surface area contributed by atoms with Crippen molar-refractivity contribution in [2.75, 3.05) is 39.1 Å². The second kappa shape index (κ2) is 6.64. The Morgan fingerprint density at radius 2 is 2.22 bits per heavy atom. The fourth-order valence-electron chi connectivity index (χ4n) is 1.27. The molecule has 0 aliphatic rings. The van der Waals surface area contributed by atoms with Gasteiger partial charge in [-0.1, -0.05) is 0 Å². The summed E-state index contributed by atoms with van der Waals surface area (Å²) in [5.74, 6) is -0.0272. The van der Waals surface area contributed by atoms with E-state index in [1.165, 1.54) is 25.4 Å². The molecule has 0 radical (unpaired) electrons. The zero-order chi connectivity index (χ0) is 13.6. The molecular weight excluding hydrogens is 258 g/mol. The standard InChI is InChI=1S/C10H17N3O4S/c1-13(5-7-17-8-6-14)18(15,16)9-3-2-4-12-10(9)11/h2-4,14H,5-8H2,1H3,(H2,11,12). The number of sulfonamides is 1. The maximum atomic E-state index is 12.1. The minimum atomic E-state index is -3.65. The number of rotatable bonds is 7. The fraction of sp³-hybridized carbons (Fsp3) is 0.500. The lowest BCUT2D eigenvalue weighted by Gasteiger charge is -2.17. The van der Waals surface area contributed by atoms with Gasteiger partial charge >= 0.3 is 0 Å². The van der Waals surface area contributed by atoms with Crippen molar-refractivity contribution in [3.05, 3.63) is 18.3 Å². The van der Waals surface area contributed by atoms with Crippen LogP contribution in [0.2, 0.25) is 0 Å². The number of likely N-dealkylation sites (N-methyl/N-ethyl adjacent to an activating group) is 1. The van der Waals surface area contributed by atoms with Gasteiger partial charge in [-0.2, -0.15) is 4.31 Å². The Labute approximate surface area is 106 Å². The molecule has 1 aromatic heterocycles. The van der Waals surface area contributed by atoms with E-state index in [0.717, 1.165) is 4.31 Å². The lowest BCUT2D eigenvalue weighted by atomic mass is 10.5. The third kappa shape index (κ3) is 3.64. The molecule has 1 rings (SSSR count). The van der Waals surface area contributed by atoms with Gasteiger partial charge in [0.15, 0.2) is 0 Å². The van der Waals surface area contributed by atoms with Crippen molar-refractivity contribution in [1.29, 1.82) is 0 Å². The lowest BCUT2D eigenvalue weighted by molar-refractivity contribution is 0.0876. The van der Waals surface area contributed by atoms with Crippen molar-refractivity contribution in [1.82, 2.24) is 9.29 Å². The molecule has 0 aromatic carbocycles. The normalized spacial score (nSPS) is 11.9. The molecule has 0 amide bonds. The molecule has 0 saturated heterocycles. The first-order chi connectivity index (χ1) is 8.50. The molecule has 18 heavy (non-hydrogen) atoms.